The Labute approximate surface area is 169 Å². The van der Waals surface area contributed by atoms with E-state index in [2.05, 4.69) is 16.0 Å². The molecule has 2 aliphatic rings. The van der Waals surface area contributed by atoms with Gasteiger partial charge in [0.15, 0.2) is 11.5 Å². The van der Waals surface area contributed by atoms with Gasteiger partial charge in [-0.2, -0.15) is 5.10 Å². The first kappa shape index (κ1) is 19.5. The van der Waals surface area contributed by atoms with Crippen molar-refractivity contribution < 1.29 is 19.0 Å². The summed E-state index contributed by atoms with van der Waals surface area (Å²) in [5.74, 6) is 2.20. The molecular weight excluding hydrogens is 374 g/mol. The minimum absolute atomic E-state index is 0.0294. The first-order valence-corrected chi connectivity index (χ1v) is 9.81. The number of carbonyl (C=O) groups excluding carboxylic acids is 1. The van der Waals surface area contributed by atoms with Crippen LogP contribution in [-0.2, 0) is 18.4 Å². The van der Waals surface area contributed by atoms with E-state index in [-0.39, 0.29) is 30.8 Å². The Balaban J connectivity index is 1.31. The van der Waals surface area contributed by atoms with Gasteiger partial charge in [0.25, 0.3) is 0 Å². The number of aryl methyl sites for hydroxylation is 1. The summed E-state index contributed by atoms with van der Waals surface area (Å²) in [5.41, 5.74) is 7.32. The fraction of sp³-hybridized carbons (Fsp3) is 0.500. The monoisotopic (exact) mass is 401 g/mol. The van der Waals surface area contributed by atoms with Crippen LogP contribution >= 0.6 is 0 Å². The van der Waals surface area contributed by atoms with E-state index in [1.807, 2.05) is 50.2 Å². The van der Waals surface area contributed by atoms with Crippen LogP contribution in [0.3, 0.4) is 0 Å². The predicted molar refractivity (Wildman–Crippen MR) is 105 cm³/mol. The maximum atomic E-state index is 13.1. The minimum atomic E-state index is -0.292. The fourth-order valence-corrected chi connectivity index (χ4v) is 3.52. The second-order valence-corrected chi connectivity index (χ2v) is 7.68. The molecule has 1 fully saturated rings. The molecule has 1 aromatic heterocycles. The molecular formula is C20H27N5O4. The predicted octanol–water partition coefficient (Wildman–Crippen LogP) is 1.20. The lowest BCUT2D eigenvalue weighted by atomic mass is 10.1. The first-order chi connectivity index (χ1) is 14.0. The van der Waals surface area contributed by atoms with Crippen molar-refractivity contribution in [3.05, 3.63) is 36.2 Å². The second kappa shape index (κ2) is 8.30. The van der Waals surface area contributed by atoms with Gasteiger partial charge in [0.05, 0.1) is 12.2 Å². The lowest BCUT2D eigenvalue weighted by Crippen LogP contribution is -2.48. The number of hydrogen-bond acceptors (Lipinski definition) is 7. The second-order valence-electron chi connectivity index (χ2n) is 7.68. The van der Waals surface area contributed by atoms with Crippen molar-refractivity contribution >= 4 is 5.91 Å². The number of hydrazine groups is 1. The Morgan fingerprint density at radius 1 is 1.34 bits per heavy atom. The number of fused-ring (bicyclic) bond motifs is 1. The fourth-order valence-electron chi connectivity index (χ4n) is 3.52. The molecule has 0 spiro atoms. The normalized spacial score (nSPS) is 20.3. The molecule has 2 atom stereocenters. The van der Waals surface area contributed by atoms with E-state index in [1.165, 1.54) is 0 Å². The number of nitrogens with zero attached hydrogens (tertiary/aromatic N) is 3. The highest BCUT2D eigenvalue weighted by molar-refractivity contribution is 5.82. The lowest BCUT2D eigenvalue weighted by molar-refractivity contribution is -0.135. The zero-order valence-electron chi connectivity index (χ0n) is 16.9. The summed E-state index contributed by atoms with van der Waals surface area (Å²) in [6.07, 6.45) is 4.38. The van der Waals surface area contributed by atoms with Crippen LogP contribution in [-0.4, -0.2) is 52.1 Å². The number of benzene rings is 1. The smallest absolute Gasteiger partial charge is 0.241 e. The Morgan fingerprint density at radius 2 is 2.17 bits per heavy atom. The number of amides is 1. The molecule has 9 heteroatoms. The van der Waals surface area contributed by atoms with Gasteiger partial charge in [-0.1, -0.05) is 0 Å². The average Bonchev–Trinajstić information content (AvgIpc) is 3.44. The highest BCUT2D eigenvalue weighted by Gasteiger charge is 2.33. The van der Waals surface area contributed by atoms with Crippen LogP contribution in [0.15, 0.2) is 30.6 Å². The molecule has 4 rings (SSSR count). The van der Waals surface area contributed by atoms with Crippen LogP contribution in [0.1, 0.15) is 25.8 Å². The van der Waals surface area contributed by atoms with E-state index < -0.39 is 0 Å². The minimum Gasteiger partial charge on any atom is -0.492 e. The third kappa shape index (κ3) is 4.46. The zero-order chi connectivity index (χ0) is 20.4. The van der Waals surface area contributed by atoms with Crippen LogP contribution < -0.4 is 25.1 Å². The molecule has 2 aromatic rings. The number of nitrogens with one attached hydrogen (secondary N) is 2. The van der Waals surface area contributed by atoms with E-state index in [9.17, 15) is 4.79 Å². The van der Waals surface area contributed by atoms with Crippen LogP contribution in [0.2, 0.25) is 0 Å². The maximum absolute atomic E-state index is 13.1. The summed E-state index contributed by atoms with van der Waals surface area (Å²) in [4.78, 5) is 14.9. The Hall–Kier alpha value is -2.78. The average molecular weight is 401 g/mol. The summed E-state index contributed by atoms with van der Waals surface area (Å²) < 4.78 is 18.3. The van der Waals surface area contributed by atoms with Crippen LogP contribution in [0.4, 0.5) is 0 Å². The van der Waals surface area contributed by atoms with Crippen LogP contribution in [0.5, 0.6) is 17.2 Å². The molecule has 156 valence electrons. The summed E-state index contributed by atoms with van der Waals surface area (Å²) >= 11 is 0. The van der Waals surface area contributed by atoms with Gasteiger partial charge >= 0.3 is 0 Å². The maximum Gasteiger partial charge on any atom is 0.241 e. The first-order valence-electron chi connectivity index (χ1n) is 9.81. The molecule has 1 aromatic carbocycles. The van der Waals surface area contributed by atoms with Gasteiger partial charge in [-0.3, -0.25) is 14.9 Å². The topological polar surface area (TPSA) is 89.9 Å². The molecule has 0 saturated carbocycles. The van der Waals surface area contributed by atoms with E-state index in [0.29, 0.717) is 31.1 Å². The SMILES string of the molecule is CC(C)N(Cc1cnn(C)c1)C(=O)C1CC(COc2ccc3c(c2)OCO3)NN1. The van der Waals surface area contributed by atoms with Gasteiger partial charge in [-0.25, -0.2) is 5.43 Å². The summed E-state index contributed by atoms with van der Waals surface area (Å²) in [6.45, 7) is 5.28. The molecule has 1 saturated heterocycles. The number of rotatable bonds is 7. The molecule has 0 aliphatic carbocycles. The van der Waals surface area contributed by atoms with Crippen molar-refractivity contribution in [1.82, 2.24) is 25.5 Å². The zero-order valence-corrected chi connectivity index (χ0v) is 16.9. The molecule has 9 nitrogen and oxygen atoms in total. The molecule has 29 heavy (non-hydrogen) atoms. The Morgan fingerprint density at radius 3 is 2.93 bits per heavy atom. The molecule has 2 aliphatic heterocycles. The molecule has 2 unspecified atom stereocenters. The summed E-state index contributed by atoms with van der Waals surface area (Å²) in [5, 5.41) is 4.19. The van der Waals surface area contributed by atoms with Gasteiger partial charge < -0.3 is 19.1 Å². The standard InChI is InChI=1S/C20H27N5O4/c1-13(2)25(10-14-8-21-24(3)9-14)20(26)17-6-15(22-23-17)11-27-16-4-5-18-19(7-16)29-12-28-18/h4-5,7-9,13,15,17,22-23H,6,10-12H2,1-3H3. The highest BCUT2D eigenvalue weighted by atomic mass is 16.7. The summed E-state index contributed by atoms with van der Waals surface area (Å²) in [7, 11) is 1.87. The number of hydrogen-bond donors (Lipinski definition) is 2. The quantitative estimate of drug-likeness (QED) is 0.721. The van der Waals surface area contributed by atoms with Crippen LogP contribution in [0, 0.1) is 0 Å². The molecule has 2 N–H and O–H groups in total. The molecule has 0 bridgehead atoms. The van der Waals surface area contributed by atoms with E-state index in [4.69, 9.17) is 14.2 Å². The number of aromatic nitrogens is 2. The number of ether oxygens (including phenoxy) is 3. The van der Waals surface area contributed by atoms with Crippen molar-refractivity contribution in [1.29, 1.82) is 0 Å². The van der Waals surface area contributed by atoms with E-state index >= 15 is 0 Å². The van der Waals surface area contributed by atoms with Gasteiger partial charge in [0, 0.05) is 37.5 Å². The van der Waals surface area contributed by atoms with Gasteiger partial charge in [0.2, 0.25) is 12.7 Å². The molecule has 1 amide bonds. The third-order valence-electron chi connectivity index (χ3n) is 5.09. The number of carbonyl (C=O) groups is 1. The van der Waals surface area contributed by atoms with Crippen molar-refractivity contribution in [2.24, 2.45) is 7.05 Å². The van der Waals surface area contributed by atoms with Gasteiger partial charge in [-0.15, -0.1) is 0 Å². The van der Waals surface area contributed by atoms with Crippen molar-refractivity contribution in [3.8, 4) is 17.2 Å². The summed E-state index contributed by atoms with van der Waals surface area (Å²) in [6, 6.07) is 5.34. The van der Waals surface area contributed by atoms with Gasteiger partial charge in [0.1, 0.15) is 18.4 Å². The lowest BCUT2D eigenvalue weighted by Gasteiger charge is -2.28. The van der Waals surface area contributed by atoms with E-state index in [1.54, 1.807) is 10.9 Å². The molecule has 3 heterocycles. The Kier molecular flexibility index (Phi) is 5.59. The Bertz CT molecular complexity index is 868. The highest BCUT2D eigenvalue weighted by Crippen LogP contribution is 2.35. The van der Waals surface area contributed by atoms with Crippen molar-refractivity contribution in [2.45, 2.75) is 44.9 Å². The largest absolute Gasteiger partial charge is 0.492 e. The van der Waals surface area contributed by atoms with Crippen molar-refractivity contribution in [2.75, 3.05) is 13.4 Å². The van der Waals surface area contributed by atoms with E-state index in [0.717, 1.165) is 11.3 Å². The van der Waals surface area contributed by atoms with Crippen molar-refractivity contribution in [3.63, 3.8) is 0 Å². The van der Waals surface area contributed by atoms with Crippen LogP contribution in [0.25, 0.3) is 0 Å². The van der Waals surface area contributed by atoms with Gasteiger partial charge in [-0.05, 0) is 32.4 Å². The molecule has 0 radical (unpaired) electrons. The third-order valence-corrected chi connectivity index (χ3v) is 5.09.